The van der Waals surface area contributed by atoms with Crippen molar-refractivity contribution in [1.29, 1.82) is 0 Å². The van der Waals surface area contributed by atoms with Crippen LogP contribution in [0.4, 0.5) is 0 Å². The van der Waals surface area contributed by atoms with Gasteiger partial charge in [-0.05, 0) is 48.4 Å². The Labute approximate surface area is 186 Å². The molecule has 5 heteroatoms. The molecule has 0 bridgehead atoms. The molecule has 2 aromatic carbocycles. The maximum absolute atomic E-state index is 13.0. The Kier molecular flexibility index (Phi) is 9.10. The molecule has 0 aromatic heterocycles. The number of carbonyl (C=O) groups is 2. The SMILES string of the molecule is CCCNC(=O)[C@H](C)N(CCc1ccccc1)C(=O)COc1ccc(C(C)(C)C)cc1. The van der Waals surface area contributed by atoms with E-state index < -0.39 is 6.04 Å². The first-order chi connectivity index (χ1) is 14.7. The fourth-order valence-electron chi connectivity index (χ4n) is 3.25. The third kappa shape index (κ3) is 7.74. The molecule has 0 saturated heterocycles. The van der Waals surface area contributed by atoms with E-state index >= 15 is 0 Å². The highest BCUT2D eigenvalue weighted by atomic mass is 16.5. The van der Waals surface area contributed by atoms with Crippen LogP contribution in [0.1, 0.15) is 52.2 Å². The highest BCUT2D eigenvalue weighted by Gasteiger charge is 2.26. The summed E-state index contributed by atoms with van der Waals surface area (Å²) in [5.74, 6) is 0.306. The average molecular weight is 425 g/mol. The zero-order chi connectivity index (χ0) is 22.9. The van der Waals surface area contributed by atoms with E-state index in [1.165, 1.54) is 5.56 Å². The van der Waals surface area contributed by atoms with Crippen molar-refractivity contribution in [2.24, 2.45) is 0 Å². The Balaban J connectivity index is 2.04. The van der Waals surface area contributed by atoms with Gasteiger partial charge < -0.3 is 15.0 Å². The summed E-state index contributed by atoms with van der Waals surface area (Å²) in [6, 6.07) is 17.2. The van der Waals surface area contributed by atoms with Gasteiger partial charge >= 0.3 is 0 Å². The number of nitrogens with one attached hydrogen (secondary N) is 1. The third-order valence-corrected chi connectivity index (χ3v) is 5.28. The molecule has 1 N–H and O–H groups in total. The Morgan fingerprint density at radius 1 is 1.03 bits per heavy atom. The lowest BCUT2D eigenvalue weighted by atomic mass is 9.87. The van der Waals surface area contributed by atoms with Gasteiger partial charge in [-0.25, -0.2) is 0 Å². The van der Waals surface area contributed by atoms with Gasteiger partial charge in [0.1, 0.15) is 11.8 Å². The zero-order valence-corrected chi connectivity index (χ0v) is 19.5. The van der Waals surface area contributed by atoms with E-state index in [1.54, 1.807) is 11.8 Å². The van der Waals surface area contributed by atoms with E-state index in [0.29, 0.717) is 25.3 Å². The minimum absolute atomic E-state index is 0.0594. The molecule has 0 heterocycles. The van der Waals surface area contributed by atoms with Crippen molar-refractivity contribution < 1.29 is 14.3 Å². The fourth-order valence-corrected chi connectivity index (χ4v) is 3.25. The number of ether oxygens (including phenoxy) is 1. The van der Waals surface area contributed by atoms with Gasteiger partial charge in [0, 0.05) is 13.1 Å². The molecule has 2 rings (SSSR count). The van der Waals surface area contributed by atoms with Crippen LogP contribution in [0.3, 0.4) is 0 Å². The summed E-state index contributed by atoms with van der Waals surface area (Å²) in [6.07, 6.45) is 1.53. The third-order valence-electron chi connectivity index (χ3n) is 5.28. The van der Waals surface area contributed by atoms with Gasteiger partial charge in [0.25, 0.3) is 5.91 Å². The molecule has 0 aliphatic heterocycles. The maximum Gasteiger partial charge on any atom is 0.261 e. The maximum atomic E-state index is 13.0. The molecule has 1 atom stereocenters. The smallest absolute Gasteiger partial charge is 0.261 e. The van der Waals surface area contributed by atoms with Crippen molar-refractivity contribution in [2.75, 3.05) is 19.7 Å². The lowest BCUT2D eigenvalue weighted by Gasteiger charge is -2.28. The first kappa shape index (κ1) is 24.4. The van der Waals surface area contributed by atoms with E-state index in [4.69, 9.17) is 4.74 Å². The number of carbonyl (C=O) groups excluding carboxylic acids is 2. The van der Waals surface area contributed by atoms with Crippen LogP contribution in [0.5, 0.6) is 5.75 Å². The van der Waals surface area contributed by atoms with Crippen molar-refractivity contribution in [3.8, 4) is 5.75 Å². The lowest BCUT2D eigenvalue weighted by molar-refractivity contribution is -0.141. The standard InChI is InChI=1S/C26H36N2O3/c1-6-17-27-25(30)20(2)28(18-16-21-10-8-7-9-11-21)24(29)19-31-23-14-12-22(13-15-23)26(3,4)5/h7-15,20H,6,16-19H2,1-5H3,(H,27,30)/t20-/m0/s1. The van der Waals surface area contributed by atoms with E-state index in [-0.39, 0.29) is 23.8 Å². The number of nitrogens with zero attached hydrogens (tertiary/aromatic N) is 1. The molecule has 0 radical (unpaired) electrons. The van der Waals surface area contributed by atoms with Gasteiger partial charge in [-0.3, -0.25) is 9.59 Å². The lowest BCUT2D eigenvalue weighted by Crippen LogP contribution is -2.50. The molecule has 31 heavy (non-hydrogen) atoms. The fraction of sp³-hybridized carbons (Fsp3) is 0.462. The Morgan fingerprint density at radius 2 is 1.68 bits per heavy atom. The number of benzene rings is 2. The van der Waals surface area contributed by atoms with Crippen molar-refractivity contribution in [2.45, 2.75) is 58.9 Å². The first-order valence-electron chi connectivity index (χ1n) is 11.1. The van der Waals surface area contributed by atoms with Crippen LogP contribution in [-0.2, 0) is 21.4 Å². The van der Waals surface area contributed by atoms with Crippen LogP contribution in [0.15, 0.2) is 54.6 Å². The quantitative estimate of drug-likeness (QED) is 0.617. The molecule has 2 amide bonds. The Morgan fingerprint density at radius 3 is 2.26 bits per heavy atom. The van der Waals surface area contributed by atoms with Gasteiger partial charge in [-0.2, -0.15) is 0 Å². The second-order valence-electron chi connectivity index (χ2n) is 8.85. The molecule has 0 saturated carbocycles. The van der Waals surface area contributed by atoms with Crippen molar-refractivity contribution in [3.05, 3.63) is 65.7 Å². The number of amides is 2. The van der Waals surface area contributed by atoms with Crippen LogP contribution in [0.2, 0.25) is 0 Å². The van der Waals surface area contributed by atoms with Crippen LogP contribution in [0, 0.1) is 0 Å². The summed E-state index contributed by atoms with van der Waals surface area (Å²) in [5.41, 5.74) is 2.39. The number of hydrogen-bond acceptors (Lipinski definition) is 3. The average Bonchev–Trinajstić information content (AvgIpc) is 2.76. The Hall–Kier alpha value is -2.82. The molecule has 0 fully saturated rings. The normalized spacial score (nSPS) is 12.2. The minimum Gasteiger partial charge on any atom is -0.484 e. The molecule has 0 spiro atoms. The van der Waals surface area contributed by atoms with Crippen molar-refractivity contribution in [1.82, 2.24) is 10.2 Å². The summed E-state index contributed by atoms with van der Waals surface area (Å²) in [5, 5.41) is 2.89. The van der Waals surface area contributed by atoms with Gasteiger partial charge in [0.15, 0.2) is 6.61 Å². The van der Waals surface area contributed by atoms with E-state index in [2.05, 4.69) is 26.1 Å². The predicted molar refractivity (Wildman–Crippen MR) is 125 cm³/mol. The van der Waals surface area contributed by atoms with E-state index in [9.17, 15) is 9.59 Å². The number of rotatable bonds is 10. The molecule has 168 valence electrons. The van der Waals surface area contributed by atoms with E-state index in [1.807, 2.05) is 61.5 Å². The van der Waals surface area contributed by atoms with Gasteiger partial charge in [0.05, 0.1) is 0 Å². The molecule has 0 unspecified atom stereocenters. The summed E-state index contributed by atoms with van der Waals surface area (Å²) < 4.78 is 5.76. The molecule has 2 aromatic rings. The topological polar surface area (TPSA) is 58.6 Å². The summed E-state index contributed by atoms with van der Waals surface area (Å²) in [6.45, 7) is 11.2. The summed E-state index contributed by atoms with van der Waals surface area (Å²) >= 11 is 0. The van der Waals surface area contributed by atoms with Gasteiger partial charge in [-0.15, -0.1) is 0 Å². The highest BCUT2D eigenvalue weighted by molar-refractivity contribution is 5.87. The second-order valence-corrected chi connectivity index (χ2v) is 8.85. The molecule has 5 nitrogen and oxygen atoms in total. The van der Waals surface area contributed by atoms with Crippen LogP contribution in [0.25, 0.3) is 0 Å². The minimum atomic E-state index is -0.561. The summed E-state index contributed by atoms with van der Waals surface area (Å²) in [7, 11) is 0. The van der Waals surface area contributed by atoms with Crippen molar-refractivity contribution >= 4 is 11.8 Å². The first-order valence-corrected chi connectivity index (χ1v) is 11.1. The van der Waals surface area contributed by atoms with E-state index in [0.717, 1.165) is 12.0 Å². The monoisotopic (exact) mass is 424 g/mol. The second kappa shape index (κ2) is 11.5. The Bertz CT molecular complexity index is 826. The van der Waals surface area contributed by atoms with Gasteiger partial charge in [0.2, 0.25) is 5.91 Å². The highest BCUT2D eigenvalue weighted by Crippen LogP contribution is 2.24. The van der Waals surface area contributed by atoms with Crippen LogP contribution >= 0.6 is 0 Å². The molecular weight excluding hydrogens is 388 g/mol. The molecule has 0 aliphatic rings. The zero-order valence-electron chi connectivity index (χ0n) is 19.5. The molecular formula is C26H36N2O3. The largest absolute Gasteiger partial charge is 0.484 e. The van der Waals surface area contributed by atoms with Crippen LogP contribution in [-0.4, -0.2) is 42.5 Å². The van der Waals surface area contributed by atoms with Crippen LogP contribution < -0.4 is 10.1 Å². The number of hydrogen-bond donors (Lipinski definition) is 1. The summed E-state index contributed by atoms with van der Waals surface area (Å²) in [4.78, 5) is 27.1. The van der Waals surface area contributed by atoms with Gasteiger partial charge in [-0.1, -0.05) is 70.2 Å². The predicted octanol–water partition coefficient (Wildman–Crippen LogP) is 4.35. The molecule has 0 aliphatic carbocycles. The van der Waals surface area contributed by atoms with Crippen molar-refractivity contribution in [3.63, 3.8) is 0 Å².